The summed E-state index contributed by atoms with van der Waals surface area (Å²) in [5.41, 5.74) is -1.08. The van der Waals surface area contributed by atoms with Gasteiger partial charge in [-0.25, -0.2) is 4.39 Å². The van der Waals surface area contributed by atoms with Gasteiger partial charge in [0.15, 0.2) is 11.4 Å². The van der Waals surface area contributed by atoms with E-state index in [-0.39, 0.29) is 17.3 Å². The molecule has 0 radical (unpaired) electrons. The van der Waals surface area contributed by atoms with E-state index in [4.69, 9.17) is 0 Å². The number of rotatable bonds is 6. The van der Waals surface area contributed by atoms with E-state index < -0.39 is 42.0 Å². The minimum absolute atomic E-state index is 0.123. The van der Waals surface area contributed by atoms with Crippen LogP contribution in [0.25, 0.3) is 0 Å². The number of nitrogens with one attached hydrogen (secondary N) is 1. The zero-order chi connectivity index (χ0) is 20.6. The van der Waals surface area contributed by atoms with Crippen molar-refractivity contribution in [3.63, 3.8) is 0 Å². The fourth-order valence-electron chi connectivity index (χ4n) is 2.68. The van der Waals surface area contributed by atoms with E-state index in [0.717, 1.165) is 22.9 Å². The highest BCUT2D eigenvalue weighted by Crippen LogP contribution is 2.43. The quantitative estimate of drug-likeness (QED) is 0.705. The number of alkyl halides is 5. The van der Waals surface area contributed by atoms with Crippen LogP contribution in [0.1, 0.15) is 43.1 Å². The standard InChI is InChI=1S/C17H15F6N3O2/c1-8(26-12(9-2-3-9)7-14(25-26)17(21,22)23)15(27)24-11-5-4-10(18)6-13(11)28-16(19)20/h4-9,16H,2-3H2,1H3,(H,24,27). The number of hydrogen-bond donors (Lipinski definition) is 1. The van der Waals surface area contributed by atoms with E-state index in [0.29, 0.717) is 18.9 Å². The SMILES string of the molecule is CC(C(=O)Nc1ccc(F)cc1OC(F)F)n1nc(C(F)(F)F)cc1C1CC1. The maximum atomic E-state index is 13.3. The van der Waals surface area contributed by atoms with Crippen molar-refractivity contribution in [3.8, 4) is 5.75 Å². The van der Waals surface area contributed by atoms with Gasteiger partial charge in [-0.1, -0.05) is 0 Å². The van der Waals surface area contributed by atoms with Crippen LogP contribution in [0.2, 0.25) is 0 Å². The number of halogens is 6. The van der Waals surface area contributed by atoms with Gasteiger partial charge in [-0.05, 0) is 38.0 Å². The summed E-state index contributed by atoms with van der Waals surface area (Å²) in [5, 5.41) is 5.78. The van der Waals surface area contributed by atoms with E-state index in [1.807, 2.05) is 0 Å². The molecule has 0 saturated heterocycles. The molecule has 1 aliphatic rings. The van der Waals surface area contributed by atoms with Gasteiger partial charge in [0.25, 0.3) is 0 Å². The number of benzene rings is 1. The fourth-order valence-corrected chi connectivity index (χ4v) is 2.68. The van der Waals surface area contributed by atoms with Crippen LogP contribution in [0.15, 0.2) is 24.3 Å². The second kappa shape index (κ2) is 7.36. The van der Waals surface area contributed by atoms with E-state index >= 15 is 0 Å². The van der Waals surface area contributed by atoms with Gasteiger partial charge >= 0.3 is 12.8 Å². The molecule has 5 nitrogen and oxygen atoms in total. The molecule has 1 aromatic carbocycles. The zero-order valence-electron chi connectivity index (χ0n) is 14.4. The summed E-state index contributed by atoms with van der Waals surface area (Å²) >= 11 is 0. The molecule has 1 amide bonds. The molecule has 0 spiro atoms. The Balaban J connectivity index is 1.85. The van der Waals surface area contributed by atoms with E-state index in [1.54, 1.807) is 0 Å². The first-order chi connectivity index (χ1) is 13.1. The normalized spacial score (nSPS) is 15.6. The second-order valence-corrected chi connectivity index (χ2v) is 6.36. The van der Waals surface area contributed by atoms with Crippen molar-refractivity contribution in [2.75, 3.05) is 5.32 Å². The molecule has 28 heavy (non-hydrogen) atoms. The minimum atomic E-state index is -4.67. The molecule has 1 atom stereocenters. The van der Waals surface area contributed by atoms with Crippen LogP contribution in [0.4, 0.5) is 32.0 Å². The van der Waals surface area contributed by atoms with Crippen molar-refractivity contribution in [3.05, 3.63) is 41.5 Å². The number of carbonyl (C=O) groups is 1. The van der Waals surface area contributed by atoms with E-state index in [9.17, 15) is 31.1 Å². The van der Waals surface area contributed by atoms with Gasteiger partial charge in [-0.2, -0.15) is 27.1 Å². The first kappa shape index (κ1) is 20.0. The molecule has 0 aliphatic heterocycles. The lowest BCUT2D eigenvalue weighted by molar-refractivity contribution is -0.141. The molecule has 0 bridgehead atoms. The maximum absolute atomic E-state index is 13.3. The Morgan fingerprint density at radius 1 is 1.29 bits per heavy atom. The Bertz CT molecular complexity index is 876. The van der Waals surface area contributed by atoms with Crippen LogP contribution in [-0.4, -0.2) is 22.3 Å². The number of carbonyl (C=O) groups excluding carboxylic acids is 1. The van der Waals surface area contributed by atoms with Crippen LogP contribution in [-0.2, 0) is 11.0 Å². The number of anilines is 1. The molecular formula is C17H15F6N3O2. The molecule has 1 aromatic heterocycles. The van der Waals surface area contributed by atoms with Crippen molar-refractivity contribution < 1.29 is 35.9 Å². The molecule has 152 valence electrons. The van der Waals surface area contributed by atoms with Gasteiger partial charge in [0, 0.05) is 17.7 Å². The first-order valence-corrected chi connectivity index (χ1v) is 8.28. The zero-order valence-corrected chi connectivity index (χ0v) is 14.4. The van der Waals surface area contributed by atoms with Crippen molar-refractivity contribution in [1.82, 2.24) is 9.78 Å². The highest BCUT2D eigenvalue weighted by molar-refractivity contribution is 5.94. The molecule has 1 aliphatic carbocycles. The summed E-state index contributed by atoms with van der Waals surface area (Å²) in [5.74, 6) is -2.40. The summed E-state index contributed by atoms with van der Waals surface area (Å²) in [6, 6.07) is 2.34. The van der Waals surface area contributed by atoms with Gasteiger partial charge in [0.1, 0.15) is 11.9 Å². The lowest BCUT2D eigenvalue weighted by Crippen LogP contribution is -2.26. The molecule has 1 fully saturated rings. The highest BCUT2D eigenvalue weighted by Gasteiger charge is 2.39. The van der Waals surface area contributed by atoms with Crippen molar-refractivity contribution in [2.24, 2.45) is 0 Å². The Kier molecular flexibility index (Phi) is 5.26. The van der Waals surface area contributed by atoms with Crippen LogP contribution in [0, 0.1) is 5.82 Å². The summed E-state index contributed by atoms with van der Waals surface area (Å²) < 4.78 is 82.3. The van der Waals surface area contributed by atoms with Gasteiger partial charge in [0.05, 0.1) is 5.69 Å². The number of hydrogen-bond acceptors (Lipinski definition) is 3. The van der Waals surface area contributed by atoms with Gasteiger partial charge < -0.3 is 10.1 Å². The lowest BCUT2D eigenvalue weighted by Gasteiger charge is -2.17. The molecule has 1 saturated carbocycles. The van der Waals surface area contributed by atoms with Crippen molar-refractivity contribution in [2.45, 2.75) is 44.5 Å². The van der Waals surface area contributed by atoms with Crippen LogP contribution < -0.4 is 10.1 Å². The van der Waals surface area contributed by atoms with Crippen LogP contribution in [0.5, 0.6) is 5.75 Å². The lowest BCUT2D eigenvalue weighted by atomic mass is 10.2. The molecule has 1 heterocycles. The molecule has 3 rings (SSSR count). The molecular weight excluding hydrogens is 392 g/mol. The Morgan fingerprint density at radius 3 is 2.54 bits per heavy atom. The number of nitrogens with zero attached hydrogens (tertiary/aromatic N) is 2. The predicted octanol–water partition coefficient (Wildman–Crippen LogP) is 4.72. The van der Waals surface area contributed by atoms with Gasteiger partial charge in [-0.3, -0.25) is 9.48 Å². The third kappa shape index (κ3) is 4.39. The summed E-state index contributed by atoms with van der Waals surface area (Å²) in [6.07, 6.45) is -3.30. The topological polar surface area (TPSA) is 56.1 Å². The third-order valence-corrected chi connectivity index (χ3v) is 4.21. The van der Waals surface area contributed by atoms with Gasteiger partial charge in [-0.15, -0.1) is 0 Å². The van der Waals surface area contributed by atoms with Crippen molar-refractivity contribution in [1.29, 1.82) is 0 Å². The third-order valence-electron chi connectivity index (χ3n) is 4.21. The largest absolute Gasteiger partial charge is 0.435 e. The van der Waals surface area contributed by atoms with Gasteiger partial charge in [0.2, 0.25) is 5.91 Å². The number of aromatic nitrogens is 2. The molecule has 11 heteroatoms. The Morgan fingerprint density at radius 2 is 1.96 bits per heavy atom. The Labute approximate surface area is 155 Å². The monoisotopic (exact) mass is 407 g/mol. The number of ether oxygens (including phenoxy) is 1. The summed E-state index contributed by atoms with van der Waals surface area (Å²) in [6.45, 7) is -1.93. The average molecular weight is 407 g/mol. The van der Waals surface area contributed by atoms with Crippen molar-refractivity contribution >= 4 is 11.6 Å². The van der Waals surface area contributed by atoms with E-state index in [1.165, 1.54) is 6.92 Å². The molecule has 2 aromatic rings. The second-order valence-electron chi connectivity index (χ2n) is 6.36. The first-order valence-electron chi connectivity index (χ1n) is 8.28. The average Bonchev–Trinajstić information content (AvgIpc) is 3.33. The van der Waals surface area contributed by atoms with Crippen LogP contribution >= 0.6 is 0 Å². The minimum Gasteiger partial charge on any atom is -0.432 e. The van der Waals surface area contributed by atoms with Crippen LogP contribution in [0.3, 0.4) is 0 Å². The Hall–Kier alpha value is -2.72. The highest BCUT2D eigenvalue weighted by atomic mass is 19.4. The number of amides is 1. The smallest absolute Gasteiger partial charge is 0.432 e. The van der Waals surface area contributed by atoms with E-state index in [2.05, 4.69) is 15.2 Å². The molecule has 1 N–H and O–H groups in total. The molecule has 1 unspecified atom stereocenters. The summed E-state index contributed by atoms with van der Waals surface area (Å²) in [7, 11) is 0. The predicted molar refractivity (Wildman–Crippen MR) is 85.6 cm³/mol. The summed E-state index contributed by atoms with van der Waals surface area (Å²) in [4.78, 5) is 12.5. The fraction of sp³-hybridized carbons (Fsp3) is 0.412. The maximum Gasteiger partial charge on any atom is 0.435 e.